The van der Waals surface area contributed by atoms with Crippen LogP contribution in [0.3, 0.4) is 0 Å². The van der Waals surface area contributed by atoms with Crippen LogP contribution in [0.4, 0.5) is 0 Å². The number of rotatable bonds is 7. The van der Waals surface area contributed by atoms with E-state index in [2.05, 4.69) is 17.6 Å². The Morgan fingerprint density at radius 3 is 2.91 bits per heavy atom. The number of nitrogens with zero attached hydrogens (tertiary/aromatic N) is 1. The summed E-state index contributed by atoms with van der Waals surface area (Å²) in [6.07, 6.45) is 2.35. The van der Waals surface area contributed by atoms with Gasteiger partial charge in [0.2, 0.25) is 5.91 Å². The number of halogens is 1. The van der Waals surface area contributed by atoms with Gasteiger partial charge >= 0.3 is 0 Å². The molecule has 2 N–H and O–H groups in total. The molecule has 1 atom stereocenters. The molecule has 2 amide bonds. The largest absolute Gasteiger partial charge is 0.351 e. The van der Waals surface area contributed by atoms with E-state index in [0.29, 0.717) is 23.9 Å². The zero-order chi connectivity index (χ0) is 15.1. The number of carbonyl (C=O) groups is 2. The lowest BCUT2D eigenvalue weighted by Gasteiger charge is -2.28. The molecule has 1 saturated heterocycles. The van der Waals surface area contributed by atoms with Gasteiger partial charge in [-0.3, -0.25) is 9.59 Å². The molecule has 1 fully saturated rings. The van der Waals surface area contributed by atoms with Crippen LogP contribution in [0.5, 0.6) is 0 Å². The summed E-state index contributed by atoms with van der Waals surface area (Å²) in [5.41, 5.74) is 0. The number of hydrogen-bond donors (Lipinski definition) is 2. The van der Waals surface area contributed by atoms with Gasteiger partial charge in [-0.2, -0.15) is 0 Å². The minimum atomic E-state index is -0.0950. The van der Waals surface area contributed by atoms with Crippen molar-refractivity contribution >= 4 is 35.6 Å². The van der Waals surface area contributed by atoms with Crippen molar-refractivity contribution in [2.75, 3.05) is 26.2 Å². The quantitative estimate of drug-likeness (QED) is 0.793. The van der Waals surface area contributed by atoms with Gasteiger partial charge in [-0.1, -0.05) is 13.0 Å². The second-order valence-electron chi connectivity index (χ2n) is 5.22. The summed E-state index contributed by atoms with van der Waals surface area (Å²) in [7, 11) is 0. The van der Waals surface area contributed by atoms with Crippen molar-refractivity contribution in [3.8, 4) is 0 Å². The van der Waals surface area contributed by atoms with Gasteiger partial charge in [-0.15, -0.1) is 23.7 Å². The monoisotopic (exact) mass is 345 g/mol. The number of carbonyl (C=O) groups excluding carboxylic acids is 2. The highest BCUT2D eigenvalue weighted by atomic mass is 35.5. The second kappa shape index (κ2) is 9.82. The van der Waals surface area contributed by atoms with Gasteiger partial charge in [-0.25, -0.2) is 0 Å². The third-order valence-corrected chi connectivity index (χ3v) is 4.50. The molecule has 22 heavy (non-hydrogen) atoms. The molecular formula is C15H24ClN3O2S. The van der Waals surface area contributed by atoms with E-state index >= 15 is 0 Å². The van der Waals surface area contributed by atoms with Crippen LogP contribution in [0, 0.1) is 0 Å². The van der Waals surface area contributed by atoms with Crippen LogP contribution in [-0.2, 0) is 4.79 Å². The molecule has 0 saturated carbocycles. The number of thiophene rings is 1. The molecule has 7 heteroatoms. The Labute approximate surface area is 141 Å². The molecule has 0 radical (unpaired) electrons. The Hall–Kier alpha value is -1.11. The summed E-state index contributed by atoms with van der Waals surface area (Å²) in [4.78, 5) is 26.8. The average Bonchev–Trinajstić information content (AvgIpc) is 3.17. The SMILES string of the molecule is CCCN(C(=O)CCNC(=O)c1cccs1)C1CCNC1.Cl. The Bertz CT molecular complexity index is 461. The lowest BCUT2D eigenvalue weighted by Crippen LogP contribution is -2.43. The van der Waals surface area contributed by atoms with Gasteiger partial charge < -0.3 is 15.5 Å². The summed E-state index contributed by atoms with van der Waals surface area (Å²) in [6.45, 7) is 5.14. The minimum Gasteiger partial charge on any atom is -0.351 e. The van der Waals surface area contributed by atoms with E-state index in [4.69, 9.17) is 0 Å². The van der Waals surface area contributed by atoms with E-state index in [0.717, 1.165) is 32.5 Å². The van der Waals surface area contributed by atoms with Gasteiger partial charge in [0.15, 0.2) is 0 Å². The second-order valence-corrected chi connectivity index (χ2v) is 6.16. The third kappa shape index (κ3) is 5.26. The van der Waals surface area contributed by atoms with E-state index in [-0.39, 0.29) is 24.2 Å². The topological polar surface area (TPSA) is 61.4 Å². The van der Waals surface area contributed by atoms with Crippen molar-refractivity contribution in [1.82, 2.24) is 15.5 Å². The number of amides is 2. The normalized spacial score (nSPS) is 16.9. The van der Waals surface area contributed by atoms with Crippen molar-refractivity contribution in [1.29, 1.82) is 0 Å². The molecule has 5 nitrogen and oxygen atoms in total. The molecule has 1 aromatic rings. The van der Waals surface area contributed by atoms with E-state index in [1.807, 2.05) is 16.3 Å². The lowest BCUT2D eigenvalue weighted by molar-refractivity contribution is -0.133. The maximum Gasteiger partial charge on any atom is 0.261 e. The molecule has 0 bridgehead atoms. The summed E-state index contributed by atoms with van der Waals surface area (Å²) in [5, 5.41) is 7.98. The first-order valence-corrected chi connectivity index (χ1v) is 8.42. The van der Waals surface area contributed by atoms with E-state index in [9.17, 15) is 9.59 Å². The smallest absolute Gasteiger partial charge is 0.261 e. The van der Waals surface area contributed by atoms with Crippen LogP contribution in [-0.4, -0.2) is 48.9 Å². The molecule has 0 spiro atoms. The minimum absolute atomic E-state index is 0. The Morgan fingerprint density at radius 2 is 2.32 bits per heavy atom. The van der Waals surface area contributed by atoms with Crippen molar-refractivity contribution in [3.63, 3.8) is 0 Å². The van der Waals surface area contributed by atoms with Crippen LogP contribution in [0.25, 0.3) is 0 Å². The fourth-order valence-electron chi connectivity index (χ4n) is 2.58. The number of hydrogen-bond acceptors (Lipinski definition) is 4. The predicted molar refractivity (Wildman–Crippen MR) is 91.8 cm³/mol. The first-order chi connectivity index (χ1) is 10.2. The fourth-order valence-corrected chi connectivity index (χ4v) is 3.22. The lowest BCUT2D eigenvalue weighted by atomic mass is 10.2. The highest BCUT2D eigenvalue weighted by Crippen LogP contribution is 2.11. The molecule has 1 unspecified atom stereocenters. The summed E-state index contributed by atoms with van der Waals surface area (Å²) < 4.78 is 0. The first-order valence-electron chi connectivity index (χ1n) is 7.54. The number of nitrogens with one attached hydrogen (secondary N) is 2. The van der Waals surface area contributed by atoms with Crippen molar-refractivity contribution in [2.24, 2.45) is 0 Å². The van der Waals surface area contributed by atoms with E-state index < -0.39 is 0 Å². The first kappa shape index (κ1) is 18.9. The highest BCUT2D eigenvalue weighted by molar-refractivity contribution is 7.12. The molecule has 1 aromatic heterocycles. The highest BCUT2D eigenvalue weighted by Gasteiger charge is 2.25. The molecule has 1 aliphatic rings. The standard InChI is InChI=1S/C15H23N3O2S.ClH/c1-2-9-18(12-5-7-16-11-12)14(19)6-8-17-15(20)13-4-3-10-21-13;/h3-4,10,12,16H,2,5-9,11H2,1H3,(H,17,20);1H. The van der Waals surface area contributed by atoms with Crippen LogP contribution < -0.4 is 10.6 Å². The molecule has 124 valence electrons. The Kier molecular flexibility index (Phi) is 8.45. The average molecular weight is 346 g/mol. The molecule has 0 aliphatic carbocycles. The predicted octanol–water partition coefficient (Wildman–Crippen LogP) is 1.89. The third-order valence-electron chi connectivity index (χ3n) is 3.63. The van der Waals surface area contributed by atoms with Gasteiger partial charge in [0.05, 0.1) is 4.88 Å². The molecule has 2 heterocycles. The Balaban J connectivity index is 0.00000242. The fraction of sp³-hybridized carbons (Fsp3) is 0.600. The van der Waals surface area contributed by atoms with Crippen molar-refractivity contribution in [2.45, 2.75) is 32.2 Å². The summed E-state index contributed by atoms with van der Waals surface area (Å²) in [5.74, 6) is 0.0411. The maximum absolute atomic E-state index is 12.3. The maximum atomic E-state index is 12.3. The zero-order valence-electron chi connectivity index (χ0n) is 12.8. The van der Waals surface area contributed by atoms with E-state index in [1.165, 1.54) is 11.3 Å². The zero-order valence-corrected chi connectivity index (χ0v) is 14.5. The van der Waals surface area contributed by atoms with Crippen molar-refractivity contribution in [3.05, 3.63) is 22.4 Å². The van der Waals surface area contributed by atoms with Gasteiger partial charge in [0, 0.05) is 32.1 Å². The van der Waals surface area contributed by atoms with Crippen LogP contribution in [0.1, 0.15) is 35.9 Å². The van der Waals surface area contributed by atoms with Gasteiger partial charge in [0.1, 0.15) is 0 Å². The van der Waals surface area contributed by atoms with E-state index in [1.54, 1.807) is 6.07 Å². The molecule has 2 rings (SSSR count). The summed E-state index contributed by atoms with van der Waals surface area (Å²) in [6, 6.07) is 3.95. The Morgan fingerprint density at radius 1 is 1.50 bits per heavy atom. The van der Waals surface area contributed by atoms with Crippen LogP contribution >= 0.6 is 23.7 Å². The van der Waals surface area contributed by atoms with Crippen LogP contribution in [0.15, 0.2) is 17.5 Å². The van der Waals surface area contributed by atoms with Crippen LogP contribution in [0.2, 0.25) is 0 Å². The van der Waals surface area contributed by atoms with Crippen molar-refractivity contribution < 1.29 is 9.59 Å². The van der Waals surface area contributed by atoms with Gasteiger partial charge in [0.25, 0.3) is 5.91 Å². The summed E-state index contributed by atoms with van der Waals surface area (Å²) >= 11 is 1.41. The van der Waals surface area contributed by atoms with Gasteiger partial charge in [-0.05, 0) is 30.8 Å². The molecule has 1 aliphatic heterocycles. The molecule has 0 aromatic carbocycles. The molecular weight excluding hydrogens is 322 g/mol.